The van der Waals surface area contributed by atoms with Crippen LogP contribution in [0, 0.1) is 5.82 Å². The Morgan fingerprint density at radius 3 is 2.23 bits per heavy atom. The van der Waals surface area contributed by atoms with Gasteiger partial charge in [0, 0.05) is 26.4 Å². The standard InChI is InChI=1S/C32H46FN5O9/c1-18(39)24(36-30(45)47-31(4,5)6)28(43)37-15-7-9-23(37)27(42)38-16-8-14-32(38,17-21-10-12-22(33)13-11-21)29(44)35-25(26(34)41)19(2)46-20(3)40/h10-13,18-19,23-25,39H,7-9,14-17H2,1-6H3,(H2,34,41)(H,35,44)(H,36,45)/t18-,19-,23+,24+,25+,32+/m1/s1. The Morgan fingerprint density at radius 1 is 1.04 bits per heavy atom. The van der Waals surface area contributed by atoms with Gasteiger partial charge in [-0.25, -0.2) is 9.18 Å². The molecular formula is C32H46FN5O9. The lowest BCUT2D eigenvalue weighted by atomic mass is 9.86. The maximum absolute atomic E-state index is 14.4. The lowest BCUT2D eigenvalue weighted by molar-refractivity contribution is -0.154. The summed E-state index contributed by atoms with van der Waals surface area (Å²) >= 11 is 0. The number of rotatable bonds is 11. The topological polar surface area (TPSA) is 198 Å². The summed E-state index contributed by atoms with van der Waals surface area (Å²) in [6.07, 6.45) is -2.19. The fourth-order valence-corrected chi connectivity index (χ4v) is 6.13. The first-order valence-electron chi connectivity index (χ1n) is 15.7. The lowest BCUT2D eigenvalue weighted by Crippen LogP contribution is -2.65. The number of halogens is 1. The van der Waals surface area contributed by atoms with E-state index in [9.17, 15) is 38.3 Å². The summed E-state index contributed by atoms with van der Waals surface area (Å²) < 4.78 is 24.2. The Bertz CT molecular complexity index is 1350. The minimum absolute atomic E-state index is 0.0601. The molecule has 15 heteroatoms. The predicted octanol–water partition coefficient (Wildman–Crippen LogP) is 0.916. The molecule has 14 nitrogen and oxygen atoms in total. The average Bonchev–Trinajstić information content (AvgIpc) is 3.62. The van der Waals surface area contributed by atoms with Crippen LogP contribution in [0.15, 0.2) is 24.3 Å². The van der Waals surface area contributed by atoms with Crippen molar-refractivity contribution in [2.75, 3.05) is 13.1 Å². The fourth-order valence-electron chi connectivity index (χ4n) is 6.13. The number of amides is 5. The van der Waals surface area contributed by atoms with Crippen molar-refractivity contribution >= 4 is 35.7 Å². The van der Waals surface area contributed by atoms with Crippen molar-refractivity contribution < 1.29 is 47.7 Å². The second-order valence-corrected chi connectivity index (χ2v) is 13.2. The Labute approximate surface area is 273 Å². The molecular weight excluding hydrogens is 617 g/mol. The van der Waals surface area contributed by atoms with Gasteiger partial charge in [-0.1, -0.05) is 12.1 Å². The third-order valence-electron chi connectivity index (χ3n) is 8.24. The van der Waals surface area contributed by atoms with Crippen LogP contribution in [-0.2, 0) is 39.9 Å². The molecule has 2 fully saturated rings. The first-order valence-corrected chi connectivity index (χ1v) is 15.7. The molecule has 1 aromatic rings. The number of alkyl carbamates (subject to hydrolysis) is 1. The first-order chi connectivity index (χ1) is 21.9. The molecule has 3 rings (SSSR count). The van der Waals surface area contributed by atoms with E-state index in [0.717, 1.165) is 6.92 Å². The molecule has 2 saturated heterocycles. The molecule has 1 aromatic carbocycles. The number of likely N-dealkylation sites (tertiary alicyclic amines) is 2. The highest BCUT2D eigenvalue weighted by Crippen LogP contribution is 2.36. The highest BCUT2D eigenvalue weighted by molar-refractivity contribution is 5.98. The zero-order valence-corrected chi connectivity index (χ0v) is 27.7. The molecule has 0 spiro atoms. The predicted molar refractivity (Wildman–Crippen MR) is 166 cm³/mol. The first kappa shape index (κ1) is 37.2. The van der Waals surface area contributed by atoms with E-state index in [0.29, 0.717) is 18.4 Å². The highest BCUT2D eigenvalue weighted by Gasteiger charge is 2.53. The van der Waals surface area contributed by atoms with Crippen LogP contribution in [-0.4, -0.2) is 105 Å². The number of carbonyl (C=O) groups excluding carboxylic acids is 6. The van der Waals surface area contributed by atoms with Crippen LogP contribution in [0.5, 0.6) is 0 Å². The number of ether oxygens (including phenoxy) is 2. The molecule has 47 heavy (non-hydrogen) atoms. The van der Waals surface area contributed by atoms with Crippen LogP contribution >= 0.6 is 0 Å². The van der Waals surface area contributed by atoms with E-state index in [2.05, 4.69) is 10.6 Å². The second kappa shape index (κ2) is 15.1. The summed E-state index contributed by atoms with van der Waals surface area (Å²) in [5.74, 6) is -4.13. The number of aliphatic hydroxyl groups excluding tert-OH is 1. The molecule has 0 radical (unpaired) electrons. The number of benzene rings is 1. The molecule has 0 unspecified atom stereocenters. The maximum atomic E-state index is 14.4. The van der Waals surface area contributed by atoms with Crippen molar-refractivity contribution in [2.45, 2.75) is 115 Å². The summed E-state index contributed by atoms with van der Waals surface area (Å²) in [5, 5.41) is 15.4. The Kier molecular flexibility index (Phi) is 11.9. The summed E-state index contributed by atoms with van der Waals surface area (Å²) in [4.78, 5) is 81.5. The summed E-state index contributed by atoms with van der Waals surface area (Å²) in [6.45, 7) is 9.09. The number of hydrogen-bond acceptors (Lipinski definition) is 9. The van der Waals surface area contributed by atoms with Crippen LogP contribution in [0.25, 0.3) is 0 Å². The van der Waals surface area contributed by atoms with Crippen LogP contribution in [0.2, 0.25) is 0 Å². The van der Waals surface area contributed by atoms with Gasteiger partial charge in [-0.15, -0.1) is 0 Å². The smallest absolute Gasteiger partial charge is 0.408 e. The van der Waals surface area contributed by atoms with Gasteiger partial charge in [-0.3, -0.25) is 24.0 Å². The number of nitrogens with two attached hydrogens (primary N) is 1. The fraction of sp³-hybridized carbons (Fsp3) is 0.625. The van der Waals surface area contributed by atoms with Crippen LogP contribution in [0.3, 0.4) is 0 Å². The molecule has 0 aromatic heterocycles. The van der Waals surface area contributed by atoms with E-state index in [1.807, 2.05) is 0 Å². The third kappa shape index (κ3) is 9.18. The number of nitrogens with zero attached hydrogens (tertiary/aromatic N) is 2. The lowest BCUT2D eigenvalue weighted by Gasteiger charge is -2.41. The van der Waals surface area contributed by atoms with Crippen LogP contribution in [0.1, 0.15) is 72.8 Å². The quantitative estimate of drug-likeness (QED) is 0.249. The van der Waals surface area contributed by atoms with Gasteiger partial charge in [-0.05, 0) is 78.0 Å². The molecule has 0 aliphatic carbocycles. The van der Waals surface area contributed by atoms with Gasteiger partial charge in [0.1, 0.15) is 41.2 Å². The molecule has 5 N–H and O–H groups in total. The number of aliphatic hydroxyl groups is 1. The Balaban J connectivity index is 1.96. The minimum Gasteiger partial charge on any atom is -0.460 e. The number of hydrogen-bond donors (Lipinski definition) is 4. The summed E-state index contributed by atoms with van der Waals surface area (Å²) in [6, 6.07) is 1.55. The molecule has 0 saturated carbocycles. The van der Waals surface area contributed by atoms with Gasteiger partial charge >= 0.3 is 12.1 Å². The number of primary amides is 1. The molecule has 260 valence electrons. The maximum Gasteiger partial charge on any atom is 0.408 e. The van der Waals surface area contributed by atoms with Crippen molar-refractivity contribution in [2.24, 2.45) is 5.73 Å². The van der Waals surface area contributed by atoms with Crippen LogP contribution in [0.4, 0.5) is 9.18 Å². The monoisotopic (exact) mass is 663 g/mol. The Hall–Kier alpha value is -4.27. The van der Waals surface area contributed by atoms with E-state index < -0.39 is 83.0 Å². The molecule has 5 amide bonds. The third-order valence-corrected chi connectivity index (χ3v) is 8.24. The number of esters is 1. The average molecular weight is 664 g/mol. The van der Waals surface area contributed by atoms with Crippen LogP contribution < -0.4 is 16.4 Å². The van der Waals surface area contributed by atoms with Crippen molar-refractivity contribution in [1.82, 2.24) is 20.4 Å². The zero-order valence-electron chi connectivity index (χ0n) is 27.7. The largest absolute Gasteiger partial charge is 0.460 e. The molecule has 2 aliphatic rings. The number of carbonyl (C=O) groups is 6. The molecule has 2 aliphatic heterocycles. The summed E-state index contributed by atoms with van der Waals surface area (Å²) in [5.41, 5.74) is 3.64. The van der Waals surface area contributed by atoms with Crippen molar-refractivity contribution in [3.63, 3.8) is 0 Å². The zero-order chi connectivity index (χ0) is 35.3. The van der Waals surface area contributed by atoms with Gasteiger partial charge in [0.25, 0.3) is 0 Å². The minimum atomic E-state index is -1.59. The normalized spacial score (nSPS) is 22.1. The number of nitrogens with one attached hydrogen (secondary N) is 2. The van der Waals surface area contributed by atoms with Gasteiger partial charge in [0.15, 0.2) is 0 Å². The Morgan fingerprint density at radius 2 is 1.68 bits per heavy atom. The van der Waals surface area contributed by atoms with E-state index in [1.165, 1.54) is 47.9 Å². The highest BCUT2D eigenvalue weighted by atomic mass is 19.1. The van der Waals surface area contributed by atoms with Crippen molar-refractivity contribution in [3.8, 4) is 0 Å². The van der Waals surface area contributed by atoms with E-state index >= 15 is 0 Å². The van der Waals surface area contributed by atoms with Crippen molar-refractivity contribution in [1.29, 1.82) is 0 Å². The van der Waals surface area contributed by atoms with Gasteiger partial charge < -0.3 is 40.7 Å². The SMILES string of the molecule is CC(=O)O[C@H](C)[C@H](NC(=O)[C@@]1(Cc2ccc(F)cc2)CCCN1C(=O)[C@@H]1CCCN1C(=O)[C@@H](NC(=O)OC(C)(C)C)[C@@H](C)O)C(N)=O. The van der Waals surface area contributed by atoms with E-state index in [-0.39, 0.29) is 32.4 Å². The second-order valence-electron chi connectivity index (χ2n) is 13.2. The molecule has 6 atom stereocenters. The van der Waals surface area contributed by atoms with Gasteiger partial charge in [-0.2, -0.15) is 0 Å². The summed E-state index contributed by atoms with van der Waals surface area (Å²) in [7, 11) is 0. The van der Waals surface area contributed by atoms with Gasteiger partial charge in [0.2, 0.25) is 23.6 Å². The van der Waals surface area contributed by atoms with E-state index in [4.69, 9.17) is 15.2 Å². The van der Waals surface area contributed by atoms with Crippen molar-refractivity contribution in [3.05, 3.63) is 35.6 Å². The van der Waals surface area contributed by atoms with Gasteiger partial charge in [0.05, 0.1) is 6.10 Å². The molecule has 2 heterocycles. The van der Waals surface area contributed by atoms with E-state index in [1.54, 1.807) is 20.8 Å². The molecule has 0 bridgehead atoms.